The van der Waals surface area contributed by atoms with Crippen LogP contribution in [0.1, 0.15) is 46.1 Å². The summed E-state index contributed by atoms with van der Waals surface area (Å²) >= 11 is 0. The van der Waals surface area contributed by atoms with Gasteiger partial charge in [0.05, 0.1) is 23.8 Å². The molecule has 0 aliphatic carbocycles. The summed E-state index contributed by atoms with van der Waals surface area (Å²) < 4.78 is 39.4. The average molecular weight is 530 g/mol. The minimum absolute atomic E-state index is 0.00261. The summed E-state index contributed by atoms with van der Waals surface area (Å²) in [6.45, 7) is 8.71. The molecule has 9 nitrogen and oxygen atoms in total. The molecule has 1 atom stereocenters. The summed E-state index contributed by atoms with van der Waals surface area (Å²) in [6, 6.07) is 10.3. The number of nitrogens with one attached hydrogen (secondary N) is 1. The molecular weight excluding hydrogens is 494 g/mol. The number of rotatable bonds is 8. The van der Waals surface area contributed by atoms with Crippen molar-refractivity contribution in [3.8, 4) is 11.5 Å². The van der Waals surface area contributed by atoms with Gasteiger partial charge in [-0.15, -0.1) is 0 Å². The molecule has 2 aromatic rings. The standard InChI is InChI=1S/C27H35N3O6S/c1-5-35-22-7-10-26(36-6-2)24(17-22)28-27(32)20-11-13-29(14-12-20)37(33,34)23-8-9-25-21(16-23)15-18(3)30(25)19(4)31/h7-10,16-18,20H,5-6,11-15H2,1-4H3,(H,28,32)/t18-/m0/s1. The highest BCUT2D eigenvalue weighted by molar-refractivity contribution is 7.89. The fraction of sp³-hybridized carbons (Fsp3) is 0.481. The van der Waals surface area contributed by atoms with Gasteiger partial charge in [-0.3, -0.25) is 9.59 Å². The van der Waals surface area contributed by atoms with Crippen molar-refractivity contribution in [3.63, 3.8) is 0 Å². The van der Waals surface area contributed by atoms with Gasteiger partial charge >= 0.3 is 0 Å². The monoisotopic (exact) mass is 529 g/mol. The number of anilines is 2. The zero-order valence-electron chi connectivity index (χ0n) is 21.8. The predicted octanol–water partition coefficient (Wildman–Crippen LogP) is 3.82. The molecule has 2 aliphatic heterocycles. The lowest BCUT2D eigenvalue weighted by molar-refractivity contribution is -0.121. The van der Waals surface area contributed by atoms with Crippen molar-refractivity contribution in [3.05, 3.63) is 42.0 Å². The van der Waals surface area contributed by atoms with Gasteiger partial charge in [-0.05, 0) is 75.9 Å². The third kappa shape index (κ3) is 5.60. The molecule has 2 aliphatic rings. The van der Waals surface area contributed by atoms with Crippen LogP contribution in [0.5, 0.6) is 11.5 Å². The number of piperidine rings is 1. The molecule has 2 amide bonds. The van der Waals surface area contributed by atoms with E-state index in [2.05, 4.69) is 5.32 Å². The number of carbonyl (C=O) groups excluding carboxylic acids is 2. The number of ether oxygens (including phenoxy) is 2. The highest BCUT2D eigenvalue weighted by Crippen LogP contribution is 2.35. The van der Waals surface area contributed by atoms with Crippen molar-refractivity contribution in [1.29, 1.82) is 0 Å². The number of fused-ring (bicyclic) bond motifs is 1. The van der Waals surface area contributed by atoms with Crippen LogP contribution in [0.25, 0.3) is 0 Å². The number of amides is 2. The fourth-order valence-corrected chi connectivity index (χ4v) is 6.66. The van der Waals surface area contributed by atoms with E-state index >= 15 is 0 Å². The Bertz CT molecular complexity index is 1270. The number of nitrogens with zero attached hydrogens (tertiary/aromatic N) is 2. The van der Waals surface area contributed by atoms with Crippen LogP contribution in [0, 0.1) is 5.92 Å². The summed E-state index contributed by atoms with van der Waals surface area (Å²) in [5.41, 5.74) is 2.17. The Morgan fingerprint density at radius 1 is 1.03 bits per heavy atom. The second-order valence-corrected chi connectivity index (χ2v) is 11.4. The zero-order valence-corrected chi connectivity index (χ0v) is 22.6. The maximum Gasteiger partial charge on any atom is 0.243 e. The van der Waals surface area contributed by atoms with Crippen molar-refractivity contribution in [1.82, 2.24) is 4.31 Å². The predicted molar refractivity (Wildman–Crippen MR) is 142 cm³/mol. The van der Waals surface area contributed by atoms with Crippen LogP contribution in [-0.2, 0) is 26.0 Å². The van der Waals surface area contributed by atoms with Gasteiger partial charge in [-0.1, -0.05) is 0 Å². The Labute approximate surface area is 218 Å². The summed E-state index contributed by atoms with van der Waals surface area (Å²) in [5, 5.41) is 2.95. The topological polar surface area (TPSA) is 105 Å². The van der Waals surface area contributed by atoms with Crippen molar-refractivity contribution < 1.29 is 27.5 Å². The van der Waals surface area contributed by atoms with E-state index in [-0.39, 0.29) is 41.8 Å². The maximum atomic E-state index is 13.4. The van der Waals surface area contributed by atoms with E-state index in [9.17, 15) is 18.0 Å². The average Bonchev–Trinajstić information content (AvgIpc) is 3.21. The van der Waals surface area contributed by atoms with Gasteiger partial charge in [-0.25, -0.2) is 8.42 Å². The largest absolute Gasteiger partial charge is 0.494 e. The summed E-state index contributed by atoms with van der Waals surface area (Å²) in [4.78, 5) is 27.0. The summed E-state index contributed by atoms with van der Waals surface area (Å²) in [7, 11) is -3.71. The molecular formula is C27H35N3O6S. The van der Waals surface area contributed by atoms with E-state index in [1.807, 2.05) is 20.8 Å². The summed E-state index contributed by atoms with van der Waals surface area (Å²) in [6.07, 6.45) is 1.45. The molecule has 0 saturated carbocycles. The highest BCUT2D eigenvalue weighted by Gasteiger charge is 2.35. The van der Waals surface area contributed by atoms with Crippen molar-refractivity contribution in [2.45, 2.75) is 57.9 Å². The molecule has 0 aromatic heterocycles. The van der Waals surface area contributed by atoms with E-state index in [4.69, 9.17) is 9.47 Å². The first kappa shape index (κ1) is 26.9. The van der Waals surface area contributed by atoms with E-state index in [0.29, 0.717) is 49.7 Å². The molecule has 2 heterocycles. The van der Waals surface area contributed by atoms with Gasteiger partial charge in [0.25, 0.3) is 0 Å². The van der Waals surface area contributed by atoms with Gasteiger partial charge < -0.3 is 19.7 Å². The van der Waals surface area contributed by atoms with Crippen molar-refractivity contribution in [2.24, 2.45) is 5.92 Å². The van der Waals surface area contributed by atoms with Crippen LogP contribution in [0.3, 0.4) is 0 Å². The first-order valence-electron chi connectivity index (χ1n) is 12.8. The molecule has 0 bridgehead atoms. The number of hydrogen-bond acceptors (Lipinski definition) is 6. The van der Waals surface area contributed by atoms with Crippen LogP contribution in [0.15, 0.2) is 41.3 Å². The third-order valence-corrected chi connectivity index (χ3v) is 8.78. The molecule has 0 spiro atoms. The zero-order chi connectivity index (χ0) is 26.7. The molecule has 1 fully saturated rings. The second kappa shape index (κ2) is 11.1. The van der Waals surface area contributed by atoms with E-state index in [1.54, 1.807) is 41.3 Å². The van der Waals surface area contributed by atoms with Crippen LogP contribution < -0.4 is 19.7 Å². The first-order valence-corrected chi connectivity index (χ1v) is 14.2. The van der Waals surface area contributed by atoms with Crippen LogP contribution >= 0.6 is 0 Å². The van der Waals surface area contributed by atoms with Crippen LogP contribution in [0.2, 0.25) is 0 Å². The van der Waals surface area contributed by atoms with E-state index in [1.165, 1.54) is 11.2 Å². The molecule has 0 radical (unpaired) electrons. The fourth-order valence-electron chi connectivity index (χ4n) is 5.13. The molecule has 1 N–H and O–H groups in total. The lowest BCUT2D eigenvalue weighted by Crippen LogP contribution is -2.41. The van der Waals surface area contributed by atoms with Gasteiger partial charge in [0, 0.05) is 43.7 Å². The Morgan fingerprint density at radius 3 is 2.38 bits per heavy atom. The van der Waals surface area contributed by atoms with Gasteiger partial charge in [-0.2, -0.15) is 4.31 Å². The molecule has 200 valence electrons. The minimum atomic E-state index is -3.71. The first-order chi connectivity index (χ1) is 17.6. The Balaban J connectivity index is 1.42. The Kier molecular flexibility index (Phi) is 8.08. The Hall–Kier alpha value is -3.11. The molecule has 2 aromatic carbocycles. The maximum absolute atomic E-state index is 13.4. The van der Waals surface area contributed by atoms with Gasteiger partial charge in [0.1, 0.15) is 11.5 Å². The normalized spacial score (nSPS) is 18.4. The molecule has 37 heavy (non-hydrogen) atoms. The van der Waals surface area contributed by atoms with Crippen molar-refractivity contribution in [2.75, 3.05) is 36.5 Å². The number of hydrogen-bond donors (Lipinski definition) is 1. The quantitative estimate of drug-likeness (QED) is 0.557. The van der Waals surface area contributed by atoms with Crippen LogP contribution in [0.4, 0.5) is 11.4 Å². The minimum Gasteiger partial charge on any atom is -0.494 e. The molecule has 0 unspecified atom stereocenters. The molecule has 1 saturated heterocycles. The number of carbonyl (C=O) groups is 2. The second-order valence-electron chi connectivity index (χ2n) is 9.42. The highest BCUT2D eigenvalue weighted by atomic mass is 32.2. The van der Waals surface area contributed by atoms with Gasteiger partial charge in [0.15, 0.2) is 0 Å². The van der Waals surface area contributed by atoms with E-state index in [0.717, 1.165) is 11.3 Å². The number of benzene rings is 2. The third-order valence-electron chi connectivity index (χ3n) is 6.89. The molecule has 4 rings (SSSR count). The van der Waals surface area contributed by atoms with E-state index < -0.39 is 10.0 Å². The Morgan fingerprint density at radius 2 is 1.73 bits per heavy atom. The summed E-state index contributed by atoms with van der Waals surface area (Å²) in [5.74, 6) is 0.662. The molecule has 10 heteroatoms. The number of sulfonamides is 1. The smallest absolute Gasteiger partial charge is 0.243 e. The van der Waals surface area contributed by atoms with Crippen molar-refractivity contribution >= 4 is 33.2 Å². The van der Waals surface area contributed by atoms with Gasteiger partial charge in [0.2, 0.25) is 21.8 Å². The lowest BCUT2D eigenvalue weighted by atomic mass is 9.97. The van der Waals surface area contributed by atoms with Crippen LogP contribution in [-0.4, -0.2) is 56.9 Å². The lowest BCUT2D eigenvalue weighted by Gasteiger charge is -2.31. The SMILES string of the molecule is CCOc1ccc(OCC)c(NC(=O)C2CCN(S(=O)(=O)c3ccc4c(c3)C[C@H](C)N4C(C)=O)CC2)c1.